The van der Waals surface area contributed by atoms with Gasteiger partial charge in [0.2, 0.25) is 0 Å². The molecule has 0 fully saturated rings. The highest BCUT2D eigenvalue weighted by molar-refractivity contribution is 5.89. The minimum absolute atomic E-state index is 0.188. The van der Waals surface area contributed by atoms with Gasteiger partial charge in [-0.1, -0.05) is 19.1 Å². The van der Waals surface area contributed by atoms with Gasteiger partial charge in [0.25, 0.3) is 0 Å². The molecule has 0 bridgehead atoms. The van der Waals surface area contributed by atoms with E-state index in [2.05, 4.69) is 5.32 Å². The third-order valence-electron chi connectivity index (χ3n) is 2.81. The van der Waals surface area contributed by atoms with E-state index in [9.17, 15) is 4.79 Å². The molecule has 0 radical (unpaired) electrons. The van der Waals surface area contributed by atoms with Crippen LogP contribution in [0.5, 0.6) is 5.75 Å². The van der Waals surface area contributed by atoms with Crippen molar-refractivity contribution in [1.82, 2.24) is 5.32 Å². The maximum atomic E-state index is 12.1. The molecule has 94 valence electrons. The van der Waals surface area contributed by atoms with E-state index in [4.69, 9.17) is 4.74 Å². The van der Waals surface area contributed by atoms with Gasteiger partial charge in [0.05, 0.1) is 12.6 Å². The molecule has 0 saturated heterocycles. The van der Waals surface area contributed by atoms with E-state index in [1.54, 1.807) is 7.11 Å². The number of rotatable bonds is 6. The molecule has 0 unspecified atom stereocenters. The molecule has 1 rings (SSSR count). The molecule has 3 heteroatoms. The molecule has 0 amide bonds. The molecule has 0 aromatic heterocycles. The normalized spacial score (nSPS) is 11.3. The lowest BCUT2D eigenvalue weighted by Crippen LogP contribution is -2.47. The summed E-state index contributed by atoms with van der Waals surface area (Å²) in [7, 11) is 1.63. The largest absolute Gasteiger partial charge is 0.497 e. The lowest BCUT2D eigenvalue weighted by Gasteiger charge is -2.24. The Hall–Kier alpha value is -1.35. The molecule has 0 heterocycles. The first kappa shape index (κ1) is 13.7. The number of nitrogens with one attached hydrogen (secondary N) is 1. The number of ether oxygens (including phenoxy) is 1. The predicted molar refractivity (Wildman–Crippen MR) is 69.5 cm³/mol. The SMILES string of the molecule is CCNC(C)(C)C(=O)Cc1cccc(OC)c1. The highest BCUT2D eigenvalue weighted by Gasteiger charge is 2.25. The van der Waals surface area contributed by atoms with Crippen LogP contribution < -0.4 is 10.1 Å². The van der Waals surface area contributed by atoms with Gasteiger partial charge in [-0.05, 0) is 38.1 Å². The second-order valence-electron chi connectivity index (χ2n) is 4.61. The molecule has 0 saturated carbocycles. The first-order valence-corrected chi connectivity index (χ1v) is 5.91. The van der Waals surface area contributed by atoms with Gasteiger partial charge < -0.3 is 10.1 Å². The molecular weight excluding hydrogens is 214 g/mol. The first-order chi connectivity index (χ1) is 7.99. The van der Waals surface area contributed by atoms with E-state index in [0.717, 1.165) is 17.9 Å². The molecule has 0 aliphatic rings. The standard InChI is InChI=1S/C14H21NO2/c1-5-15-14(2,3)13(16)10-11-7-6-8-12(9-11)17-4/h6-9,15H,5,10H2,1-4H3. The molecule has 0 atom stereocenters. The Balaban J connectivity index is 2.73. The Labute approximate surface area is 103 Å². The molecule has 1 aromatic rings. The maximum absolute atomic E-state index is 12.1. The van der Waals surface area contributed by atoms with Crippen LogP contribution in [-0.2, 0) is 11.2 Å². The summed E-state index contributed by atoms with van der Waals surface area (Å²) in [4.78, 5) is 12.1. The van der Waals surface area contributed by atoms with Gasteiger partial charge in [-0.15, -0.1) is 0 Å². The Morgan fingerprint density at radius 3 is 2.71 bits per heavy atom. The van der Waals surface area contributed by atoms with Crippen LogP contribution in [0.15, 0.2) is 24.3 Å². The molecule has 0 aliphatic carbocycles. The van der Waals surface area contributed by atoms with Crippen molar-refractivity contribution in [2.45, 2.75) is 32.7 Å². The summed E-state index contributed by atoms with van der Waals surface area (Å²) < 4.78 is 5.14. The zero-order valence-corrected chi connectivity index (χ0v) is 11.0. The number of methoxy groups -OCH3 is 1. The van der Waals surface area contributed by atoms with Crippen LogP contribution in [0, 0.1) is 0 Å². The van der Waals surface area contributed by atoms with Crippen molar-refractivity contribution >= 4 is 5.78 Å². The predicted octanol–water partition coefficient (Wildman–Crippen LogP) is 2.19. The number of hydrogen-bond acceptors (Lipinski definition) is 3. The number of Topliss-reactive ketones (excluding diaryl/α,β-unsaturated/α-hetero) is 1. The van der Waals surface area contributed by atoms with Crippen molar-refractivity contribution in [3.63, 3.8) is 0 Å². The van der Waals surface area contributed by atoms with E-state index in [1.807, 2.05) is 45.0 Å². The smallest absolute Gasteiger partial charge is 0.156 e. The van der Waals surface area contributed by atoms with Crippen molar-refractivity contribution in [2.24, 2.45) is 0 Å². The number of benzene rings is 1. The van der Waals surface area contributed by atoms with Crippen molar-refractivity contribution in [1.29, 1.82) is 0 Å². The summed E-state index contributed by atoms with van der Waals surface area (Å²) in [6.07, 6.45) is 0.428. The average Bonchev–Trinajstić information content (AvgIpc) is 2.29. The summed E-state index contributed by atoms with van der Waals surface area (Å²) >= 11 is 0. The number of hydrogen-bond donors (Lipinski definition) is 1. The van der Waals surface area contributed by atoms with Crippen LogP contribution in [0.4, 0.5) is 0 Å². The van der Waals surface area contributed by atoms with Crippen LogP contribution >= 0.6 is 0 Å². The maximum Gasteiger partial charge on any atom is 0.156 e. The van der Waals surface area contributed by atoms with Gasteiger partial charge in [-0.3, -0.25) is 4.79 Å². The third-order valence-corrected chi connectivity index (χ3v) is 2.81. The van der Waals surface area contributed by atoms with Crippen LogP contribution in [0.2, 0.25) is 0 Å². The minimum atomic E-state index is -0.474. The molecule has 0 spiro atoms. The Morgan fingerprint density at radius 2 is 2.12 bits per heavy atom. The fourth-order valence-electron chi connectivity index (χ4n) is 1.73. The van der Waals surface area contributed by atoms with Gasteiger partial charge in [0, 0.05) is 6.42 Å². The highest BCUT2D eigenvalue weighted by atomic mass is 16.5. The Morgan fingerprint density at radius 1 is 1.41 bits per heavy atom. The van der Waals surface area contributed by atoms with E-state index >= 15 is 0 Å². The topological polar surface area (TPSA) is 38.3 Å². The van der Waals surface area contributed by atoms with Gasteiger partial charge in [-0.25, -0.2) is 0 Å². The van der Waals surface area contributed by atoms with Gasteiger partial charge in [0.1, 0.15) is 5.75 Å². The monoisotopic (exact) mass is 235 g/mol. The number of carbonyl (C=O) groups excluding carboxylic acids is 1. The highest BCUT2D eigenvalue weighted by Crippen LogP contribution is 2.15. The summed E-state index contributed by atoms with van der Waals surface area (Å²) in [5.74, 6) is 0.976. The molecule has 0 aliphatic heterocycles. The quantitative estimate of drug-likeness (QED) is 0.821. The van der Waals surface area contributed by atoms with Gasteiger partial charge in [-0.2, -0.15) is 0 Å². The van der Waals surface area contributed by atoms with Crippen LogP contribution in [0.1, 0.15) is 26.3 Å². The number of carbonyl (C=O) groups is 1. The summed E-state index contributed by atoms with van der Waals surface area (Å²) in [6.45, 7) is 6.62. The van der Waals surface area contributed by atoms with Crippen LogP contribution in [-0.4, -0.2) is 25.0 Å². The summed E-state index contributed by atoms with van der Waals surface area (Å²) in [5, 5.41) is 3.19. The lowest BCUT2D eigenvalue weighted by atomic mass is 9.93. The minimum Gasteiger partial charge on any atom is -0.497 e. The van der Waals surface area contributed by atoms with Crippen molar-refractivity contribution in [3.05, 3.63) is 29.8 Å². The summed E-state index contributed by atoms with van der Waals surface area (Å²) in [5.41, 5.74) is 0.512. The van der Waals surface area contributed by atoms with Crippen molar-refractivity contribution < 1.29 is 9.53 Å². The number of ketones is 1. The molecule has 3 nitrogen and oxygen atoms in total. The van der Waals surface area contributed by atoms with E-state index in [1.165, 1.54) is 0 Å². The average molecular weight is 235 g/mol. The van der Waals surface area contributed by atoms with Crippen molar-refractivity contribution in [2.75, 3.05) is 13.7 Å². The van der Waals surface area contributed by atoms with Gasteiger partial charge >= 0.3 is 0 Å². The summed E-state index contributed by atoms with van der Waals surface area (Å²) in [6, 6.07) is 7.63. The Bertz CT molecular complexity index is 386. The molecule has 1 N–H and O–H groups in total. The fraction of sp³-hybridized carbons (Fsp3) is 0.500. The van der Waals surface area contributed by atoms with E-state index in [-0.39, 0.29) is 5.78 Å². The second-order valence-corrected chi connectivity index (χ2v) is 4.61. The van der Waals surface area contributed by atoms with Gasteiger partial charge in [0.15, 0.2) is 5.78 Å². The Kier molecular flexibility index (Phi) is 4.70. The van der Waals surface area contributed by atoms with Crippen LogP contribution in [0.3, 0.4) is 0 Å². The third kappa shape index (κ3) is 3.86. The molecular formula is C14H21NO2. The zero-order chi connectivity index (χ0) is 12.9. The van der Waals surface area contributed by atoms with Crippen LogP contribution in [0.25, 0.3) is 0 Å². The zero-order valence-electron chi connectivity index (χ0n) is 11.0. The van der Waals surface area contributed by atoms with Crippen molar-refractivity contribution in [3.8, 4) is 5.75 Å². The van der Waals surface area contributed by atoms with E-state index in [0.29, 0.717) is 6.42 Å². The lowest BCUT2D eigenvalue weighted by molar-refractivity contribution is -0.123. The first-order valence-electron chi connectivity index (χ1n) is 5.91. The molecule has 17 heavy (non-hydrogen) atoms. The van der Waals surface area contributed by atoms with E-state index < -0.39 is 5.54 Å². The second kappa shape index (κ2) is 5.82. The fourth-order valence-corrected chi connectivity index (χ4v) is 1.73. The molecule has 1 aromatic carbocycles. The number of likely N-dealkylation sites (N-methyl/N-ethyl adjacent to an activating group) is 1.